The molecule has 0 radical (unpaired) electrons. The monoisotopic (exact) mass is 361 g/mol. The first kappa shape index (κ1) is 18.7. The van der Waals surface area contributed by atoms with Crippen molar-refractivity contribution in [3.63, 3.8) is 0 Å². The molecule has 0 saturated heterocycles. The molecule has 132 valence electrons. The van der Waals surface area contributed by atoms with Gasteiger partial charge in [0.15, 0.2) is 5.16 Å². The van der Waals surface area contributed by atoms with Gasteiger partial charge in [0.2, 0.25) is 5.91 Å². The molecule has 0 aliphatic rings. The Hall–Kier alpha value is -2.68. The summed E-state index contributed by atoms with van der Waals surface area (Å²) in [4.78, 5) is 36.8. The van der Waals surface area contributed by atoms with Crippen molar-refractivity contribution in [1.82, 2.24) is 15.2 Å². The number of aromatic nitrogens is 3. The third-order valence-electron chi connectivity index (χ3n) is 3.40. The van der Waals surface area contributed by atoms with E-state index in [9.17, 15) is 19.5 Å². The van der Waals surface area contributed by atoms with Crippen LogP contribution in [-0.4, -0.2) is 32.8 Å². The van der Waals surface area contributed by atoms with Crippen molar-refractivity contribution in [2.24, 2.45) is 0 Å². The first-order chi connectivity index (χ1) is 11.9. The van der Waals surface area contributed by atoms with Crippen molar-refractivity contribution in [3.8, 4) is 0 Å². The highest BCUT2D eigenvalue weighted by Crippen LogP contribution is 2.20. The van der Waals surface area contributed by atoms with Crippen LogP contribution in [0.3, 0.4) is 0 Å². The first-order valence-electron chi connectivity index (χ1n) is 7.51. The Kier molecular flexibility index (Phi) is 6.29. The number of aryl methyl sites for hydroxylation is 3. The number of benzene rings is 1. The quantitative estimate of drug-likeness (QED) is 0.674. The highest BCUT2D eigenvalue weighted by Gasteiger charge is 2.10. The van der Waals surface area contributed by atoms with Crippen LogP contribution in [0.15, 0.2) is 28.2 Å². The minimum absolute atomic E-state index is 0.0218. The number of carboxylic acid groups (broad SMARTS) is 1. The van der Waals surface area contributed by atoms with Crippen LogP contribution in [-0.2, 0) is 16.0 Å². The fourth-order valence-electron chi connectivity index (χ4n) is 2.12. The molecule has 0 bridgehead atoms. The maximum atomic E-state index is 12.1. The maximum Gasteiger partial charge on any atom is 0.273 e. The standard InChI is InChI=1S/C16H18N4O4S/c1-9-4-3-5-10(2)14(9)17-12(21)8-25-16-18-15(24)11(19-20-16)6-7-13(22)23/h3-5H,6-8H2,1-2H3,(H,17,21)(H,22,23)(H,18,20,24)/p-1. The zero-order valence-corrected chi connectivity index (χ0v) is 14.6. The molecular weight excluding hydrogens is 344 g/mol. The molecule has 1 amide bonds. The number of H-pyrrole nitrogens is 1. The van der Waals surface area contributed by atoms with Crippen LogP contribution in [0.4, 0.5) is 5.69 Å². The minimum atomic E-state index is -1.26. The van der Waals surface area contributed by atoms with Gasteiger partial charge in [-0.15, -0.1) is 10.2 Å². The van der Waals surface area contributed by atoms with Crippen molar-refractivity contribution in [2.45, 2.75) is 31.8 Å². The van der Waals surface area contributed by atoms with Gasteiger partial charge in [0.25, 0.3) is 5.56 Å². The van der Waals surface area contributed by atoms with Crippen molar-refractivity contribution < 1.29 is 14.7 Å². The van der Waals surface area contributed by atoms with E-state index in [-0.39, 0.29) is 35.4 Å². The van der Waals surface area contributed by atoms with Crippen LogP contribution < -0.4 is 16.0 Å². The number of anilines is 1. The summed E-state index contributed by atoms with van der Waals surface area (Å²) in [5.74, 6) is -1.44. The number of amides is 1. The summed E-state index contributed by atoms with van der Waals surface area (Å²) in [5.41, 5.74) is 2.19. The molecule has 2 N–H and O–H groups in total. The first-order valence-corrected chi connectivity index (χ1v) is 8.50. The van der Waals surface area contributed by atoms with Gasteiger partial charge in [0, 0.05) is 18.1 Å². The lowest BCUT2D eigenvalue weighted by Gasteiger charge is -2.11. The van der Waals surface area contributed by atoms with E-state index < -0.39 is 11.5 Å². The molecule has 9 heteroatoms. The van der Waals surface area contributed by atoms with Crippen molar-refractivity contribution in [2.75, 3.05) is 11.1 Å². The van der Waals surface area contributed by atoms with Crippen molar-refractivity contribution >= 4 is 29.3 Å². The number of nitrogens with zero attached hydrogens (tertiary/aromatic N) is 2. The van der Waals surface area contributed by atoms with Gasteiger partial charge >= 0.3 is 0 Å². The molecule has 0 saturated carbocycles. The Labute approximate surface area is 148 Å². The molecule has 25 heavy (non-hydrogen) atoms. The molecule has 0 atom stereocenters. The van der Waals surface area contributed by atoms with Gasteiger partial charge < -0.3 is 15.2 Å². The van der Waals surface area contributed by atoms with Crippen LogP contribution >= 0.6 is 11.8 Å². The van der Waals surface area contributed by atoms with Gasteiger partial charge in [-0.2, -0.15) is 0 Å². The van der Waals surface area contributed by atoms with Gasteiger partial charge in [0.05, 0.1) is 5.75 Å². The lowest BCUT2D eigenvalue weighted by molar-refractivity contribution is -0.305. The number of carboxylic acids is 1. The number of aromatic amines is 1. The van der Waals surface area contributed by atoms with E-state index in [0.29, 0.717) is 0 Å². The summed E-state index contributed by atoms with van der Waals surface area (Å²) in [7, 11) is 0. The van der Waals surface area contributed by atoms with E-state index in [4.69, 9.17) is 0 Å². The molecule has 0 spiro atoms. The second kappa shape index (κ2) is 8.43. The largest absolute Gasteiger partial charge is 0.550 e. The Morgan fingerprint density at radius 1 is 1.24 bits per heavy atom. The molecule has 2 aromatic rings. The number of thioether (sulfide) groups is 1. The Morgan fingerprint density at radius 2 is 1.92 bits per heavy atom. The van der Waals surface area contributed by atoms with Gasteiger partial charge in [0.1, 0.15) is 5.69 Å². The number of aliphatic carboxylic acids is 1. The SMILES string of the molecule is Cc1cccc(C)c1NC(=O)CSc1nnc(CCC(=O)[O-])c(=O)[nH]1. The molecule has 1 heterocycles. The van der Waals surface area contributed by atoms with E-state index in [2.05, 4.69) is 20.5 Å². The zero-order valence-electron chi connectivity index (χ0n) is 13.8. The molecule has 0 aliphatic carbocycles. The fraction of sp³-hybridized carbons (Fsp3) is 0.312. The molecule has 0 aliphatic heterocycles. The number of carbonyl (C=O) groups excluding carboxylic acids is 2. The summed E-state index contributed by atoms with van der Waals surface area (Å²) in [6.07, 6.45) is -0.356. The summed E-state index contributed by atoms with van der Waals surface area (Å²) in [6, 6.07) is 5.73. The lowest BCUT2D eigenvalue weighted by atomic mass is 10.1. The number of para-hydroxylation sites is 1. The van der Waals surface area contributed by atoms with Crippen molar-refractivity contribution in [3.05, 3.63) is 45.4 Å². The Balaban J connectivity index is 1.94. The predicted molar refractivity (Wildman–Crippen MR) is 91.3 cm³/mol. The van der Waals surface area contributed by atoms with Gasteiger partial charge in [-0.25, -0.2) is 0 Å². The van der Waals surface area contributed by atoms with Crippen LogP contribution in [0.1, 0.15) is 23.2 Å². The number of rotatable bonds is 7. The predicted octanol–water partition coefficient (Wildman–Crippen LogP) is 0.195. The normalized spacial score (nSPS) is 10.5. The summed E-state index contributed by atoms with van der Waals surface area (Å²) in [6.45, 7) is 3.81. The van der Waals surface area contributed by atoms with E-state index >= 15 is 0 Å². The Morgan fingerprint density at radius 3 is 2.52 bits per heavy atom. The topological polar surface area (TPSA) is 128 Å². The molecule has 8 nitrogen and oxygen atoms in total. The number of nitrogens with one attached hydrogen (secondary N) is 2. The third-order valence-corrected chi connectivity index (χ3v) is 4.26. The molecule has 0 fully saturated rings. The second-order valence-corrected chi connectivity index (χ2v) is 6.35. The van der Waals surface area contributed by atoms with E-state index in [1.807, 2.05) is 32.0 Å². The Bertz CT molecular complexity index is 830. The molecule has 1 aromatic carbocycles. The number of hydrogen-bond donors (Lipinski definition) is 2. The molecule has 1 aromatic heterocycles. The second-order valence-electron chi connectivity index (χ2n) is 5.38. The van der Waals surface area contributed by atoms with Crippen LogP contribution in [0, 0.1) is 13.8 Å². The van der Waals surface area contributed by atoms with Crippen LogP contribution in [0.5, 0.6) is 0 Å². The van der Waals surface area contributed by atoms with E-state index in [1.54, 1.807) is 0 Å². The van der Waals surface area contributed by atoms with E-state index in [1.165, 1.54) is 0 Å². The fourth-order valence-corrected chi connectivity index (χ4v) is 2.72. The maximum absolute atomic E-state index is 12.1. The zero-order chi connectivity index (χ0) is 18.4. The number of hydrogen-bond acceptors (Lipinski definition) is 7. The minimum Gasteiger partial charge on any atom is -0.550 e. The highest BCUT2D eigenvalue weighted by molar-refractivity contribution is 7.99. The van der Waals surface area contributed by atoms with Crippen molar-refractivity contribution in [1.29, 1.82) is 0 Å². The third kappa shape index (κ3) is 5.42. The summed E-state index contributed by atoms with van der Waals surface area (Å²) >= 11 is 1.04. The average Bonchev–Trinajstić information content (AvgIpc) is 2.55. The number of carbonyl (C=O) groups is 2. The van der Waals surface area contributed by atoms with Crippen LogP contribution in [0.2, 0.25) is 0 Å². The molecule has 0 unspecified atom stereocenters. The highest BCUT2D eigenvalue weighted by atomic mass is 32.2. The summed E-state index contributed by atoms with van der Waals surface area (Å²) in [5, 5.41) is 20.9. The van der Waals surface area contributed by atoms with Gasteiger partial charge in [-0.3, -0.25) is 14.6 Å². The summed E-state index contributed by atoms with van der Waals surface area (Å²) < 4.78 is 0. The van der Waals surface area contributed by atoms with Gasteiger partial charge in [-0.1, -0.05) is 30.0 Å². The lowest BCUT2D eigenvalue weighted by Crippen LogP contribution is -2.25. The molecule has 2 rings (SSSR count). The van der Waals surface area contributed by atoms with Crippen LogP contribution in [0.25, 0.3) is 0 Å². The molecular formula is C16H17N4O4S-. The van der Waals surface area contributed by atoms with E-state index in [0.717, 1.165) is 28.6 Å². The average molecular weight is 361 g/mol. The smallest absolute Gasteiger partial charge is 0.273 e. The van der Waals surface area contributed by atoms with Gasteiger partial charge in [-0.05, 0) is 31.4 Å².